The number of hydrogen-bond donors (Lipinski definition) is 1. The number of piperidine rings is 1. The average Bonchev–Trinajstić information content (AvgIpc) is 3.02. The third-order valence-electron chi connectivity index (χ3n) is 8.21. The summed E-state index contributed by atoms with van der Waals surface area (Å²) in [7, 11) is 0. The Morgan fingerprint density at radius 2 is 1.71 bits per heavy atom. The number of likely N-dealkylation sites (N-methyl/N-ethyl adjacent to an activating group) is 1. The second-order valence-electron chi connectivity index (χ2n) is 11.2. The van der Waals surface area contributed by atoms with Crippen molar-refractivity contribution in [1.82, 2.24) is 24.7 Å². The van der Waals surface area contributed by atoms with Gasteiger partial charge in [-0.3, -0.25) is 9.69 Å². The first-order valence-electron chi connectivity index (χ1n) is 14.9. The van der Waals surface area contributed by atoms with Gasteiger partial charge in [-0.15, -0.1) is 0 Å². The molecule has 2 aromatic carbocycles. The molecule has 0 saturated carbocycles. The van der Waals surface area contributed by atoms with E-state index in [0.717, 1.165) is 61.9 Å². The number of aromatic nitrogens is 2. The van der Waals surface area contributed by atoms with Crippen LogP contribution in [0.25, 0.3) is 11.3 Å². The van der Waals surface area contributed by atoms with Crippen LogP contribution in [0.4, 0.5) is 0 Å². The van der Waals surface area contributed by atoms with Gasteiger partial charge in [0.1, 0.15) is 29.9 Å². The number of carbonyl (C=O) groups excluding carboxylic acids is 1. The first kappa shape index (κ1) is 29.6. The predicted molar refractivity (Wildman–Crippen MR) is 161 cm³/mol. The van der Waals surface area contributed by atoms with Crippen molar-refractivity contribution in [2.24, 2.45) is 0 Å². The van der Waals surface area contributed by atoms with E-state index in [1.807, 2.05) is 24.3 Å². The molecule has 0 aliphatic carbocycles. The van der Waals surface area contributed by atoms with Crippen LogP contribution in [0.2, 0.25) is 0 Å². The van der Waals surface area contributed by atoms with Crippen molar-refractivity contribution in [1.29, 1.82) is 5.26 Å². The lowest BCUT2D eigenvalue weighted by molar-refractivity contribution is -0.141. The lowest BCUT2D eigenvalue weighted by atomic mass is 10.0. The highest BCUT2D eigenvalue weighted by atomic mass is 16.5. The highest BCUT2D eigenvalue weighted by Gasteiger charge is 2.26. The third kappa shape index (κ3) is 7.51. The number of carbonyl (C=O) groups is 1. The summed E-state index contributed by atoms with van der Waals surface area (Å²) in [5.74, 6) is 1.00. The Morgan fingerprint density at radius 3 is 2.38 bits per heavy atom. The van der Waals surface area contributed by atoms with E-state index < -0.39 is 6.10 Å². The largest absolute Gasteiger partial charge is 0.489 e. The number of hydrogen-bond acceptors (Lipinski definition) is 8. The van der Waals surface area contributed by atoms with Crippen molar-refractivity contribution in [2.45, 2.75) is 51.9 Å². The zero-order valence-electron chi connectivity index (χ0n) is 24.6. The van der Waals surface area contributed by atoms with E-state index in [2.05, 4.69) is 52.0 Å². The first-order valence-corrected chi connectivity index (χ1v) is 14.9. The van der Waals surface area contributed by atoms with E-state index in [0.29, 0.717) is 43.7 Å². The molecule has 0 unspecified atom stereocenters. The van der Waals surface area contributed by atoms with Gasteiger partial charge < -0.3 is 19.6 Å². The fourth-order valence-corrected chi connectivity index (χ4v) is 5.63. The van der Waals surface area contributed by atoms with Gasteiger partial charge in [0.05, 0.1) is 11.3 Å². The van der Waals surface area contributed by atoms with E-state index in [1.54, 1.807) is 11.1 Å². The molecule has 2 saturated heterocycles. The van der Waals surface area contributed by atoms with Gasteiger partial charge in [0.15, 0.2) is 0 Å². The van der Waals surface area contributed by atoms with Crippen LogP contribution in [0.3, 0.4) is 0 Å². The zero-order valence-corrected chi connectivity index (χ0v) is 24.6. The van der Waals surface area contributed by atoms with Gasteiger partial charge in [-0.2, -0.15) is 5.26 Å². The Labute approximate surface area is 248 Å². The van der Waals surface area contributed by atoms with Crippen molar-refractivity contribution in [2.75, 3.05) is 45.8 Å². The molecule has 2 aliphatic heterocycles. The normalized spacial score (nSPS) is 17.5. The molecule has 1 aromatic heterocycles. The van der Waals surface area contributed by atoms with Crippen LogP contribution in [0, 0.1) is 11.3 Å². The molecule has 0 bridgehead atoms. The SMILES string of the molecule is CCN1CCN(Cc2ccc(Cc3nccc(-c4ccc(OC5CCN(C(=O)[C@H](C)O)CC5)c(C#N)c4)n3)cc2)CC1. The molecule has 42 heavy (non-hydrogen) atoms. The van der Waals surface area contributed by atoms with Gasteiger partial charge >= 0.3 is 0 Å². The third-order valence-corrected chi connectivity index (χ3v) is 8.21. The summed E-state index contributed by atoms with van der Waals surface area (Å²) in [6, 6.07) is 18.4. The van der Waals surface area contributed by atoms with Crippen LogP contribution in [0.1, 0.15) is 49.2 Å². The number of nitriles is 1. The standard InChI is InChI=1S/C33H40N6O3/c1-3-37-16-18-38(19-17-37)23-26-6-4-25(5-7-26)20-32-35-13-10-30(36-32)27-8-9-31(28(21-27)22-34)42-29-11-14-39(15-12-29)33(41)24(2)40/h4-10,13,21,24,29,40H,3,11-12,14-20,23H2,1-2H3/t24-/m0/s1. The monoisotopic (exact) mass is 568 g/mol. The molecule has 9 heteroatoms. The Bertz CT molecular complexity index is 1390. The number of amides is 1. The van der Waals surface area contributed by atoms with Gasteiger partial charge in [0, 0.05) is 76.8 Å². The molecule has 0 radical (unpaired) electrons. The van der Waals surface area contributed by atoms with Gasteiger partial charge in [-0.05, 0) is 48.9 Å². The number of likely N-dealkylation sites (tertiary alicyclic amines) is 1. The second kappa shape index (κ2) is 13.9. The summed E-state index contributed by atoms with van der Waals surface area (Å²) in [5, 5.41) is 19.4. The van der Waals surface area contributed by atoms with E-state index in [4.69, 9.17) is 9.72 Å². The van der Waals surface area contributed by atoms with E-state index in [1.165, 1.54) is 12.5 Å². The highest BCUT2D eigenvalue weighted by molar-refractivity contribution is 5.80. The molecule has 1 amide bonds. The van der Waals surface area contributed by atoms with Crippen molar-refractivity contribution in [3.63, 3.8) is 0 Å². The van der Waals surface area contributed by atoms with Crippen molar-refractivity contribution < 1.29 is 14.6 Å². The number of nitrogens with zero attached hydrogens (tertiary/aromatic N) is 6. The minimum Gasteiger partial charge on any atom is -0.489 e. The van der Waals surface area contributed by atoms with Crippen molar-refractivity contribution >= 4 is 5.91 Å². The van der Waals surface area contributed by atoms with Crippen LogP contribution in [-0.4, -0.2) is 93.7 Å². The van der Waals surface area contributed by atoms with Crippen LogP contribution in [0.5, 0.6) is 5.75 Å². The zero-order chi connectivity index (χ0) is 29.5. The van der Waals surface area contributed by atoms with Gasteiger partial charge in [0.2, 0.25) is 0 Å². The molecule has 2 fully saturated rings. The van der Waals surface area contributed by atoms with Gasteiger partial charge in [-0.25, -0.2) is 9.97 Å². The summed E-state index contributed by atoms with van der Waals surface area (Å²) < 4.78 is 6.17. The maximum absolute atomic E-state index is 12.0. The Morgan fingerprint density at radius 1 is 1.02 bits per heavy atom. The van der Waals surface area contributed by atoms with E-state index in [-0.39, 0.29) is 12.0 Å². The number of aliphatic hydroxyl groups excluding tert-OH is 1. The quantitative estimate of drug-likeness (QED) is 0.418. The molecule has 5 rings (SSSR count). The summed E-state index contributed by atoms with van der Waals surface area (Å²) in [6.45, 7) is 11.4. The maximum Gasteiger partial charge on any atom is 0.251 e. The fraction of sp³-hybridized carbons (Fsp3) is 0.455. The topological polar surface area (TPSA) is 106 Å². The lowest BCUT2D eigenvalue weighted by Gasteiger charge is -2.34. The highest BCUT2D eigenvalue weighted by Crippen LogP contribution is 2.28. The number of piperazine rings is 1. The molecular formula is C33H40N6O3. The summed E-state index contributed by atoms with van der Waals surface area (Å²) in [6.07, 6.45) is 2.61. The summed E-state index contributed by atoms with van der Waals surface area (Å²) in [5.41, 5.74) is 4.52. The molecule has 3 heterocycles. The Hall–Kier alpha value is -3.84. The van der Waals surface area contributed by atoms with Crippen LogP contribution < -0.4 is 4.74 Å². The second-order valence-corrected chi connectivity index (χ2v) is 11.2. The number of benzene rings is 2. The van der Waals surface area contributed by atoms with Crippen molar-refractivity contribution in [3.8, 4) is 23.1 Å². The number of rotatable bonds is 9. The average molecular weight is 569 g/mol. The minimum absolute atomic E-state index is 0.0932. The maximum atomic E-state index is 12.0. The molecule has 220 valence electrons. The van der Waals surface area contributed by atoms with Gasteiger partial charge in [-0.1, -0.05) is 31.2 Å². The molecule has 2 aliphatic rings. The number of ether oxygens (including phenoxy) is 1. The first-order chi connectivity index (χ1) is 20.4. The fourth-order valence-electron chi connectivity index (χ4n) is 5.63. The van der Waals surface area contributed by atoms with Crippen LogP contribution in [0.15, 0.2) is 54.7 Å². The molecule has 1 N–H and O–H groups in total. The van der Waals surface area contributed by atoms with Crippen molar-refractivity contribution in [3.05, 3.63) is 77.2 Å². The molecule has 1 atom stereocenters. The Balaban J connectivity index is 1.19. The van der Waals surface area contributed by atoms with E-state index >= 15 is 0 Å². The number of aliphatic hydroxyl groups is 1. The van der Waals surface area contributed by atoms with Crippen LogP contribution >= 0.6 is 0 Å². The van der Waals surface area contributed by atoms with Gasteiger partial charge in [0.25, 0.3) is 5.91 Å². The van der Waals surface area contributed by atoms with Crippen LogP contribution in [-0.2, 0) is 17.8 Å². The molecule has 3 aromatic rings. The summed E-state index contributed by atoms with van der Waals surface area (Å²) in [4.78, 5) is 28.0. The summed E-state index contributed by atoms with van der Waals surface area (Å²) >= 11 is 0. The molecular weight excluding hydrogens is 528 g/mol. The van der Waals surface area contributed by atoms with E-state index in [9.17, 15) is 15.2 Å². The smallest absolute Gasteiger partial charge is 0.251 e. The Kier molecular flexibility index (Phi) is 9.80. The minimum atomic E-state index is -0.995. The lowest BCUT2D eigenvalue weighted by Crippen LogP contribution is -2.45. The molecule has 9 nitrogen and oxygen atoms in total. The molecule has 0 spiro atoms. The predicted octanol–water partition coefficient (Wildman–Crippen LogP) is 3.49.